The highest BCUT2D eigenvalue weighted by molar-refractivity contribution is 6.01. The first-order valence-corrected chi connectivity index (χ1v) is 10.1. The van der Waals surface area contributed by atoms with Crippen LogP contribution in [-0.4, -0.2) is 61.2 Å². The van der Waals surface area contributed by atoms with E-state index in [1.165, 1.54) is 0 Å². The average molecular weight is 414 g/mol. The lowest BCUT2D eigenvalue weighted by atomic mass is 10.1. The van der Waals surface area contributed by atoms with Gasteiger partial charge in [0.15, 0.2) is 5.82 Å². The van der Waals surface area contributed by atoms with Crippen molar-refractivity contribution in [1.29, 1.82) is 0 Å². The van der Waals surface area contributed by atoms with E-state index in [0.717, 1.165) is 42.0 Å². The van der Waals surface area contributed by atoms with Crippen LogP contribution in [0.2, 0.25) is 0 Å². The number of aromatic amines is 1. The molecule has 1 fully saturated rings. The van der Waals surface area contributed by atoms with Crippen LogP contribution in [0.1, 0.15) is 17.7 Å². The SMILES string of the molecule is Cc1cc(C2=CC=CN3CC[C@@H](C3)N(C(=O)Nc3nccc4[nH]cnc34)C=N2)ccn1. The van der Waals surface area contributed by atoms with E-state index >= 15 is 0 Å². The van der Waals surface area contributed by atoms with Crippen LogP contribution in [0.15, 0.2) is 60.3 Å². The molecule has 1 saturated heterocycles. The average Bonchev–Trinajstić information content (AvgIpc) is 3.43. The molecule has 3 aromatic heterocycles. The number of nitrogens with zero attached hydrogens (tertiary/aromatic N) is 6. The zero-order chi connectivity index (χ0) is 21.2. The highest BCUT2D eigenvalue weighted by atomic mass is 16.2. The van der Waals surface area contributed by atoms with Gasteiger partial charge in [0.05, 0.1) is 29.9 Å². The van der Waals surface area contributed by atoms with E-state index in [9.17, 15) is 4.79 Å². The third kappa shape index (κ3) is 3.89. The Morgan fingerprint density at radius 2 is 2.13 bits per heavy atom. The number of aliphatic imine (C=N–C) groups is 1. The van der Waals surface area contributed by atoms with Gasteiger partial charge in [-0.1, -0.05) is 0 Å². The summed E-state index contributed by atoms with van der Waals surface area (Å²) in [5.41, 5.74) is 4.05. The Kier molecular flexibility index (Phi) is 4.91. The largest absolute Gasteiger partial charge is 0.375 e. The molecule has 2 bridgehead atoms. The Balaban J connectivity index is 1.47. The molecule has 3 aromatic rings. The van der Waals surface area contributed by atoms with Gasteiger partial charge in [0.1, 0.15) is 5.52 Å². The minimum atomic E-state index is -0.284. The molecule has 9 heteroatoms. The molecule has 9 nitrogen and oxygen atoms in total. The number of rotatable bonds is 2. The second kappa shape index (κ2) is 8.02. The molecule has 2 N–H and O–H groups in total. The number of aromatic nitrogens is 4. The Hall–Kier alpha value is -4.01. The van der Waals surface area contributed by atoms with E-state index in [1.54, 1.807) is 30.0 Å². The van der Waals surface area contributed by atoms with Crippen LogP contribution in [-0.2, 0) is 0 Å². The molecule has 0 spiro atoms. The van der Waals surface area contributed by atoms with Crippen molar-refractivity contribution in [3.05, 3.63) is 66.5 Å². The molecule has 0 radical (unpaired) electrons. The number of amides is 2. The van der Waals surface area contributed by atoms with Crippen molar-refractivity contribution in [3.8, 4) is 0 Å². The molecule has 0 aliphatic carbocycles. The second-order valence-corrected chi connectivity index (χ2v) is 7.56. The summed E-state index contributed by atoms with van der Waals surface area (Å²) in [6.45, 7) is 3.56. The number of H-pyrrole nitrogens is 1. The normalized spacial score (nSPS) is 18.4. The second-order valence-electron chi connectivity index (χ2n) is 7.56. The van der Waals surface area contributed by atoms with Gasteiger partial charge in [0, 0.05) is 36.7 Å². The molecule has 0 aromatic carbocycles. The molecule has 2 amide bonds. The third-order valence-electron chi connectivity index (χ3n) is 5.45. The highest BCUT2D eigenvalue weighted by Gasteiger charge is 2.30. The smallest absolute Gasteiger partial charge is 0.328 e. The molecule has 5 heterocycles. The molecule has 1 atom stereocenters. The minimum absolute atomic E-state index is 0.00492. The number of fused-ring (bicyclic) bond motifs is 3. The quantitative estimate of drug-likeness (QED) is 0.671. The number of hydrogen-bond donors (Lipinski definition) is 2. The Morgan fingerprint density at radius 3 is 3.03 bits per heavy atom. The van der Waals surface area contributed by atoms with Gasteiger partial charge in [-0.3, -0.25) is 15.2 Å². The highest BCUT2D eigenvalue weighted by Crippen LogP contribution is 2.22. The Morgan fingerprint density at radius 1 is 1.23 bits per heavy atom. The van der Waals surface area contributed by atoms with Crippen molar-refractivity contribution in [3.63, 3.8) is 0 Å². The fourth-order valence-corrected chi connectivity index (χ4v) is 3.87. The molecule has 2 aliphatic rings. The van der Waals surface area contributed by atoms with Crippen LogP contribution >= 0.6 is 0 Å². The summed E-state index contributed by atoms with van der Waals surface area (Å²) in [5.74, 6) is 0.421. The lowest BCUT2D eigenvalue weighted by Crippen LogP contribution is -2.43. The van der Waals surface area contributed by atoms with Gasteiger partial charge in [-0.15, -0.1) is 0 Å². The number of hydrogen-bond acceptors (Lipinski definition) is 6. The number of urea groups is 1. The van der Waals surface area contributed by atoms with E-state index in [1.807, 2.05) is 37.3 Å². The topological polar surface area (TPSA) is 102 Å². The molecular weight excluding hydrogens is 392 g/mol. The van der Waals surface area contributed by atoms with Gasteiger partial charge in [0.25, 0.3) is 0 Å². The summed E-state index contributed by atoms with van der Waals surface area (Å²) in [6, 6.07) is 5.43. The monoisotopic (exact) mass is 414 g/mol. The van der Waals surface area contributed by atoms with E-state index in [2.05, 4.69) is 41.3 Å². The fourth-order valence-electron chi connectivity index (χ4n) is 3.87. The summed E-state index contributed by atoms with van der Waals surface area (Å²) in [5, 5.41) is 2.91. The summed E-state index contributed by atoms with van der Waals surface area (Å²) in [6.07, 6.45) is 13.5. The van der Waals surface area contributed by atoms with E-state index in [0.29, 0.717) is 11.3 Å². The van der Waals surface area contributed by atoms with Crippen LogP contribution in [0.5, 0.6) is 0 Å². The van der Waals surface area contributed by atoms with E-state index in [4.69, 9.17) is 0 Å². The maximum Gasteiger partial charge on any atom is 0.328 e. The van der Waals surface area contributed by atoms with Gasteiger partial charge in [-0.05, 0) is 49.9 Å². The summed E-state index contributed by atoms with van der Waals surface area (Å²) in [4.78, 5) is 37.7. The first-order valence-electron chi connectivity index (χ1n) is 10.1. The minimum Gasteiger partial charge on any atom is -0.375 e. The maximum absolute atomic E-state index is 13.3. The Bertz CT molecular complexity index is 1210. The van der Waals surface area contributed by atoms with Crippen molar-refractivity contribution < 1.29 is 4.79 Å². The van der Waals surface area contributed by atoms with Crippen LogP contribution in [0.4, 0.5) is 10.6 Å². The summed E-state index contributed by atoms with van der Waals surface area (Å²) in [7, 11) is 0. The van der Waals surface area contributed by atoms with Gasteiger partial charge in [-0.2, -0.15) is 0 Å². The van der Waals surface area contributed by atoms with Crippen LogP contribution < -0.4 is 5.32 Å². The zero-order valence-electron chi connectivity index (χ0n) is 17.1. The van der Waals surface area contributed by atoms with Crippen molar-refractivity contribution in [2.75, 3.05) is 18.4 Å². The molecule has 31 heavy (non-hydrogen) atoms. The number of pyridine rings is 2. The van der Waals surface area contributed by atoms with Crippen LogP contribution in [0, 0.1) is 6.92 Å². The standard InChI is InChI=1S/C22H22N8O/c1-15-11-16(4-7-23-15)18-3-2-9-29-10-6-17(12-29)30(14-27-18)22(31)28-21-20-19(5-8-24-21)25-13-26-20/h2-5,7-9,11,13-14,17H,6,10,12H2,1H3,(H,25,26)(H,24,28,31)/t17-/m0/s1. The predicted octanol–water partition coefficient (Wildman–Crippen LogP) is 3.17. The molecule has 0 unspecified atom stereocenters. The number of nitrogens with one attached hydrogen (secondary N) is 2. The number of anilines is 1. The van der Waals surface area contributed by atoms with Crippen molar-refractivity contribution in [1.82, 2.24) is 29.7 Å². The maximum atomic E-state index is 13.3. The van der Waals surface area contributed by atoms with Crippen molar-refractivity contribution in [2.45, 2.75) is 19.4 Å². The lowest BCUT2D eigenvalue weighted by Gasteiger charge is -2.25. The number of imidazole rings is 1. The number of allylic oxidation sites excluding steroid dienone is 2. The Labute approximate surface area is 179 Å². The van der Waals surface area contributed by atoms with Crippen molar-refractivity contribution in [2.24, 2.45) is 4.99 Å². The van der Waals surface area contributed by atoms with Gasteiger partial charge in [0.2, 0.25) is 0 Å². The molecular formula is C22H22N8O. The zero-order valence-corrected chi connectivity index (χ0v) is 17.1. The van der Waals surface area contributed by atoms with Crippen LogP contribution in [0.3, 0.4) is 0 Å². The first kappa shape index (κ1) is 19.0. The predicted molar refractivity (Wildman–Crippen MR) is 119 cm³/mol. The lowest BCUT2D eigenvalue weighted by molar-refractivity contribution is 0.223. The molecule has 156 valence electrons. The van der Waals surface area contributed by atoms with E-state index in [-0.39, 0.29) is 12.1 Å². The summed E-state index contributed by atoms with van der Waals surface area (Å²) >= 11 is 0. The number of aryl methyl sites for hydroxylation is 1. The molecule has 5 rings (SSSR count). The van der Waals surface area contributed by atoms with Crippen molar-refractivity contribution >= 4 is 34.9 Å². The molecule has 0 saturated carbocycles. The van der Waals surface area contributed by atoms with Crippen LogP contribution in [0.25, 0.3) is 16.7 Å². The van der Waals surface area contributed by atoms with Gasteiger partial charge in [-0.25, -0.2) is 19.8 Å². The number of carbonyl (C=O) groups excluding carboxylic acids is 1. The van der Waals surface area contributed by atoms with Gasteiger partial charge >= 0.3 is 6.03 Å². The third-order valence-corrected chi connectivity index (χ3v) is 5.45. The van der Waals surface area contributed by atoms with Gasteiger partial charge < -0.3 is 9.88 Å². The summed E-state index contributed by atoms with van der Waals surface area (Å²) < 4.78 is 0. The number of carbonyl (C=O) groups is 1. The first-order chi connectivity index (χ1) is 15.2. The van der Waals surface area contributed by atoms with E-state index < -0.39 is 0 Å². The molecule has 2 aliphatic heterocycles. The fraction of sp³-hybridized carbons (Fsp3) is 0.227.